The molecule has 2 aromatic carbocycles. The molecule has 0 atom stereocenters. The van der Waals surface area contributed by atoms with Gasteiger partial charge in [0.1, 0.15) is 5.82 Å². The molecule has 0 aliphatic rings. The summed E-state index contributed by atoms with van der Waals surface area (Å²) in [6.45, 7) is 4.99. The highest BCUT2D eigenvalue weighted by Crippen LogP contribution is 2.27. The minimum atomic E-state index is -0.374. The van der Waals surface area contributed by atoms with E-state index in [9.17, 15) is 14.0 Å². The van der Waals surface area contributed by atoms with E-state index in [1.165, 1.54) is 19.1 Å². The summed E-state index contributed by atoms with van der Waals surface area (Å²) in [6, 6.07) is 14.4. The zero-order chi connectivity index (χ0) is 22.8. The summed E-state index contributed by atoms with van der Waals surface area (Å²) in [5.74, 6) is -0.527. The van der Waals surface area contributed by atoms with Gasteiger partial charge in [0.2, 0.25) is 5.88 Å². The molecule has 0 fully saturated rings. The number of halogens is 1. The number of fused-ring (bicyclic) bond motifs is 1. The van der Waals surface area contributed by atoms with Gasteiger partial charge < -0.3 is 10.1 Å². The molecule has 0 unspecified atom stereocenters. The molecule has 32 heavy (non-hydrogen) atoms. The maximum atomic E-state index is 13.7. The van der Waals surface area contributed by atoms with Crippen LogP contribution in [0.2, 0.25) is 0 Å². The van der Waals surface area contributed by atoms with Gasteiger partial charge >= 0.3 is 0 Å². The van der Waals surface area contributed by atoms with Crippen LogP contribution in [-0.2, 0) is 4.79 Å². The van der Waals surface area contributed by atoms with Crippen LogP contribution in [0.1, 0.15) is 28.5 Å². The first kappa shape index (κ1) is 21.2. The van der Waals surface area contributed by atoms with E-state index in [0.29, 0.717) is 22.6 Å². The van der Waals surface area contributed by atoms with Crippen molar-refractivity contribution in [2.24, 2.45) is 0 Å². The first-order valence-corrected chi connectivity index (χ1v) is 9.98. The molecule has 0 bridgehead atoms. The third-order valence-electron chi connectivity index (χ3n) is 4.97. The van der Waals surface area contributed by atoms with Crippen molar-refractivity contribution in [2.75, 3.05) is 11.9 Å². The number of aryl methyl sites for hydroxylation is 2. The third kappa shape index (κ3) is 4.34. The second-order valence-corrected chi connectivity index (χ2v) is 7.42. The van der Waals surface area contributed by atoms with Crippen molar-refractivity contribution in [1.29, 1.82) is 0 Å². The zero-order valence-corrected chi connectivity index (χ0v) is 17.8. The van der Waals surface area contributed by atoms with Crippen LogP contribution >= 0.6 is 0 Å². The summed E-state index contributed by atoms with van der Waals surface area (Å²) in [6.07, 6.45) is 0. The van der Waals surface area contributed by atoms with Gasteiger partial charge in [0, 0.05) is 22.7 Å². The predicted octanol–water partition coefficient (Wildman–Crippen LogP) is 4.40. The second-order valence-electron chi connectivity index (χ2n) is 7.42. The largest absolute Gasteiger partial charge is 0.467 e. The Balaban J connectivity index is 1.54. The fourth-order valence-corrected chi connectivity index (χ4v) is 3.46. The van der Waals surface area contributed by atoms with Crippen LogP contribution in [0.15, 0.2) is 54.6 Å². The lowest BCUT2D eigenvalue weighted by Gasteiger charge is -2.09. The van der Waals surface area contributed by atoms with E-state index < -0.39 is 0 Å². The lowest BCUT2D eigenvalue weighted by atomic mass is 10.1. The van der Waals surface area contributed by atoms with Crippen LogP contribution < -0.4 is 10.1 Å². The molecule has 0 radical (unpaired) electrons. The van der Waals surface area contributed by atoms with Crippen molar-refractivity contribution in [2.45, 2.75) is 20.8 Å². The monoisotopic (exact) mass is 432 g/mol. The minimum Gasteiger partial charge on any atom is -0.467 e. The molecule has 7 nitrogen and oxygen atoms in total. The zero-order valence-electron chi connectivity index (χ0n) is 17.8. The van der Waals surface area contributed by atoms with Crippen molar-refractivity contribution in [3.63, 3.8) is 0 Å². The molecule has 2 aromatic heterocycles. The number of carbonyl (C=O) groups is 2. The molecular weight excluding hydrogens is 411 g/mol. The molecule has 0 aliphatic heterocycles. The number of benzene rings is 2. The molecule has 0 aliphatic carbocycles. The number of carbonyl (C=O) groups excluding carboxylic acids is 2. The lowest BCUT2D eigenvalue weighted by molar-refractivity contribution is -0.118. The molecule has 0 spiro atoms. The van der Waals surface area contributed by atoms with E-state index >= 15 is 0 Å². The number of ether oxygens (including phenoxy) is 1. The van der Waals surface area contributed by atoms with E-state index in [-0.39, 0.29) is 30.0 Å². The number of nitrogens with zero attached hydrogens (tertiary/aromatic N) is 3. The van der Waals surface area contributed by atoms with E-state index in [2.05, 4.69) is 15.4 Å². The summed E-state index contributed by atoms with van der Waals surface area (Å²) in [4.78, 5) is 28.2. The van der Waals surface area contributed by atoms with Crippen LogP contribution in [0.3, 0.4) is 0 Å². The molecule has 2 heterocycles. The van der Waals surface area contributed by atoms with Gasteiger partial charge in [-0.3, -0.25) is 9.59 Å². The Morgan fingerprint density at radius 1 is 1.09 bits per heavy atom. The average molecular weight is 432 g/mol. The van der Waals surface area contributed by atoms with Crippen molar-refractivity contribution < 1.29 is 18.7 Å². The van der Waals surface area contributed by atoms with Gasteiger partial charge in [-0.1, -0.05) is 6.07 Å². The molecule has 4 aromatic rings. The summed E-state index contributed by atoms with van der Waals surface area (Å²) < 4.78 is 20.9. The molecular formula is C24H21FN4O3. The second kappa shape index (κ2) is 8.58. The maximum absolute atomic E-state index is 13.7. The Bertz CT molecular complexity index is 1330. The standard InChI is InChI=1S/C24H21FN4O3/c1-14-11-22(32-13-21(31)26-19-9-7-17(8-10-19)16(3)30)27-24-23(14)15(2)28-29(24)20-6-4-5-18(25)12-20/h4-12H,13H2,1-3H3,(H,26,31). The van der Waals surface area contributed by atoms with Crippen molar-refractivity contribution in [1.82, 2.24) is 14.8 Å². The number of rotatable bonds is 6. The topological polar surface area (TPSA) is 86.1 Å². The number of nitrogens with one attached hydrogen (secondary N) is 1. The highest BCUT2D eigenvalue weighted by Gasteiger charge is 2.16. The van der Waals surface area contributed by atoms with Crippen LogP contribution in [0.5, 0.6) is 5.88 Å². The third-order valence-corrected chi connectivity index (χ3v) is 4.97. The first-order valence-electron chi connectivity index (χ1n) is 9.98. The van der Waals surface area contributed by atoms with Gasteiger partial charge in [0.15, 0.2) is 18.0 Å². The average Bonchev–Trinajstić information content (AvgIpc) is 3.09. The summed E-state index contributed by atoms with van der Waals surface area (Å²) in [5.41, 5.74) is 3.82. The molecule has 8 heteroatoms. The van der Waals surface area contributed by atoms with Gasteiger partial charge in [-0.05, 0) is 68.8 Å². The normalized spacial score (nSPS) is 10.9. The quantitative estimate of drug-likeness (QED) is 0.457. The molecule has 0 saturated heterocycles. The number of anilines is 1. The van der Waals surface area contributed by atoms with E-state index in [1.54, 1.807) is 47.1 Å². The predicted molar refractivity (Wildman–Crippen MR) is 119 cm³/mol. The number of ketones is 1. The van der Waals surface area contributed by atoms with Gasteiger partial charge in [-0.25, -0.2) is 9.07 Å². The number of amides is 1. The van der Waals surface area contributed by atoms with Crippen molar-refractivity contribution >= 4 is 28.4 Å². The van der Waals surface area contributed by atoms with Crippen LogP contribution in [-0.4, -0.2) is 33.1 Å². The Morgan fingerprint density at radius 3 is 2.53 bits per heavy atom. The highest BCUT2D eigenvalue weighted by molar-refractivity contribution is 5.96. The van der Waals surface area contributed by atoms with Crippen LogP contribution in [0.25, 0.3) is 16.7 Å². The Hall–Kier alpha value is -4.07. The van der Waals surface area contributed by atoms with E-state index in [4.69, 9.17) is 4.74 Å². The van der Waals surface area contributed by atoms with Crippen LogP contribution in [0.4, 0.5) is 10.1 Å². The highest BCUT2D eigenvalue weighted by atomic mass is 19.1. The fraction of sp³-hybridized carbons (Fsp3) is 0.167. The fourth-order valence-electron chi connectivity index (χ4n) is 3.46. The summed E-state index contributed by atoms with van der Waals surface area (Å²) >= 11 is 0. The Labute approximate surface area is 183 Å². The smallest absolute Gasteiger partial charge is 0.262 e. The van der Waals surface area contributed by atoms with Gasteiger partial charge in [-0.15, -0.1) is 0 Å². The first-order chi connectivity index (χ1) is 15.3. The summed E-state index contributed by atoms with van der Waals surface area (Å²) in [7, 11) is 0. The molecule has 4 rings (SSSR count). The van der Waals surface area contributed by atoms with Crippen molar-refractivity contribution in [3.8, 4) is 11.6 Å². The maximum Gasteiger partial charge on any atom is 0.262 e. The van der Waals surface area contributed by atoms with Gasteiger partial charge in [0.25, 0.3) is 5.91 Å². The van der Waals surface area contributed by atoms with Gasteiger partial charge in [-0.2, -0.15) is 10.1 Å². The van der Waals surface area contributed by atoms with Crippen molar-refractivity contribution in [3.05, 3.63) is 77.2 Å². The number of Topliss-reactive ketones (excluding diaryl/α,β-unsaturated/α-hetero) is 1. The molecule has 1 N–H and O–H groups in total. The molecule has 162 valence electrons. The number of pyridine rings is 1. The van der Waals surface area contributed by atoms with Gasteiger partial charge in [0.05, 0.1) is 11.4 Å². The number of hydrogen-bond acceptors (Lipinski definition) is 5. The van der Waals surface area contributed by atoms with Crippen LogP contribution in [0, 0.1) is 19.7 Å². The number of hydrogen-bond donors (Lipinski definition) is 1. The molecule has 0 saturated carbocycles. The molecule has 1 amide bonds. The summed E-state index contributed by atoms with van der Waals surface area (Å²) in [5, 5.41) is 8.06. The number of aromatic nitrogens is 3. The Kier molecular flexibility index (Phi) is 5.68. The Morgan fingerprint density at radius 2 is 1.84 bits per heavy atom. The van der Waals surface area contributed by atoms with E-state index in [1.807, 2.05) is 13.8 Å². The SMILES string of the molecule is CC(=O)c1ccc(NC(=O)COc2cc(C)c3c(C)nn(-c4cccc(F)c4)c3n2)cc1. The van der Waals surface area contributed by atoms with E-state index in [0.717, 1.165) is 16.6 Å². The lowest BCUT2D eigenvalue weighted by Crippen LogP contribution is -2.20. The minimum absolute atomic E-state index is 0.0456.